The molecule has 1 heterocycles. The number of methoxy groups -OCH3 is 4. The van der Waals surface area contributed by atoms with Gasteiger partial charge in [0.05, 0.1) is 46.1 Å². The summed E-state index contributed by atoms with van der Waals surface area (Å²) in [4.78, 5) is 30.9. The lowest BCUT2D eigenvalue weighted by Crippen LogP contribution is -2.49. The monoisotopic (exact) mass is 513 g/mol. The number of likely N-dealkylation sites (N-methyl/N-ethyl adjacent to an activating group) is 1. The summed E-state index contributed by atoms with van der Waals surface area (Å²) in [7, 11) is 6.21. The molecule has 0 unspecified atom stereocenters. The smallest absolute Gasteiger partial charge is 0.227 e. The van der Waals surface area contributed by atoms with Gasteiger partial charge in [-0.15, -0.1) is 0 Å². The summed E-state index contributed by atoms with van der Waals surface area (Å²) in [5, 5.41) is 3.11. The summed E-state index contributed by atoms with van der Waals surface area (Å²) in [6.45, 7) is 7.38. The first kappa shape index (κ1) is 28.1. The maximum atomic E-state index is 13.5. The van der Waals surface area contributed by atoms with E-state index >= 15 is 0 Å². The van der Waals surface area contributed by atoms with Gasteiger partial charge in [0, 0.05) is 31.6 Å². The first-order valence-corrected chi connectivity index (χ1v) is 12.7. The van der Waals surface area contributed by atoms with Crippen LogP contribution in [0.25, 0.3) is 0 Å². The van der Waals surface area contributed by atoms with Crippen molar-refractivity contribution in [3.05, 3.63) is 42.0 Å². The second-order valence-electron chi connectivity index (χ2n) is 8.83. The third-order valence-corrected chi connectivity index (χ3v) is 6.94. The average molecular weight is 514 g/mol. The Kier molecular flexibility index (Phi) is 10.0. The van der Waals surface area contributed by atoms with Gasteiger partial charge >= 0.3 is 0 Å². The van der Waals surface area contributed by atoms with Gasteiger partial charge in [0.1, 0.15) is 5.75 Å². The molecule has 1 aliphatic rings. The van der Waals surface area contributed by atoms with Crippen molar-refractivity contribution in [2.45, 2.75) is 32.7 Å². The molecule has 1 N–H and O–H groups in total. The molecule has 2 aromatic carbocycles. The van der Waals surface area contributed by atoms with Crippen molar-refractivity contribution in [1.29, 1.82) is 0 Å². The number of piperidine rings is 1. The molecule has 1 aliphatic heterocycles. The number of nitrogens with zero attached hydrogens (tertiary/aromatic N) is 2. The molecule has 0 bridgehead atoms. The molecule has 0 radical (unpaired) electrons. The number of amides is 2. The second-order valence-corrected chi connectivity index (χ2v) is 8.83. The molecule has 37 heavy (non-hydrogen) atoms. The Labute approximate surface area is 219 Å². The van der Waals surface area contributed by atoms with Crippen molar-refractivity contribution < 1.29 is 28.5 Å². The number of ether oxygens (including phenoxy) is 4. The summed E-state index contributed by atoms with van der Waals surface area (Å²) in [6.07, 6.45) is 0.699. The van der Waals surface area contributed by atoms with E-state index in [9.17, 15) is 9.59 Å². The highest BCUT2D eigenvalue weighted by Gasteiger charge is 2.42. The van der Waals surface area contributed by atoms with Crippen molar-refractivity contribution in [1.82, 2.24) is 10.2 Å². The van der Waals surface area contributed by atoms with Gasteiger partial charge in [0.25, 0.3) is 0 Å². The number of anilines is 1. The molecule has 0 aliphatic carbocycles. The molecular formula is C28H39N3O6. The average Bonchev–Trinajstić information content (AvgIpc) is 2.94. The topological polar surface area (TPSA) is 89.6 Å². The molecule has 9 nitrogen and oxygen atoms in total. The highest BCUT2D eigenvalue weighted by Crippen LogP contribution is 2.46. The Morgan fingerprint density at radius 2 is 1.59 bits per heavy atom. The van der Waals surface area contributed by atoms with E-state index in [2.05, 4.69) is 24.1 Å². The largest absolute Gasteiger partial charge is 0.497 e. The molecule has 1 saturated heterocycles. The first-order chi connectivity index (χ1) is 17.9. The second kappa shape index (κ2) is 13.2. The van der Waals surface area contributed by atoms with E-state index in [0.29, 0.717) is 41.7 Å². The van der Waals surface area contributed by atoms with E-state index in [1.165, 1.54) is 21.3 Å². The van der Waals surface area contributed by atoms with Crippen LogP contribution in [0.5, 0.6) is 23.0 Å². The predicted molar refractivity (Wildman–Crippen MR) is 143 cm³/mol. The van der Waals surface area contributed by atoms with Crippen LogP contribution >= 0.6 is 0 Å². The molecular weight excluding hydrogens is 474 g/mol. The van der Waals surface area contributed by atoms with Crippen LogP contribution < -0.4 is 29.2 Å². The van der Waals surface area contributed by atoms with Crippen LogP contribution in [0.2, 0.25) is 0 Å². The normalized spacial score (nSPS) is 17.5. The zero-order chi connectivity index (χ0) is 26.9. The summed E-state index contributed by atoms with van der Waals surface area (Å²) >= 11 is 0. The van der Waals surface area contributed by atoms with Crippen LogP contribution in [0.4, 0.5) is 5.69 Å². The number of hydrogen-bond donors (Lipinski definition) is 1. The van der Waals surface area contributed by atoms with E-state index in [-0.39, 0.29) is 18.2 Å². The fraction of sp³-hybridized carbons (Fsp3) is 0.500. The van der Waals surface area contributed by atoms with Gasteiger partial charge in [0.15, 0.2) is 11.5 Å². The third-order valence-electron chi connectivity index (χ3n) is 6.94. The quantitative estimate of drug-likeness (QED) is 0.463. The molecule has 0 spiro atoms. The van der Waals surface area contributed by atoms with E-state index in [4.69, 9.17) is 18.9 Å². The lowest BCUT2D eigenvalue weighted by Gasteiger charge is -2.41. The van der Waals surface area contributed by atoms with Crippen LogP contribution in [0.3, 0.4) is 0 Å². The number of benzene rings is 2. The molecule has 2 atom stereocenters. The summed E-state index contributed by atoms with van der Waals surface area (Å²) in [5.74, 6) is 1.41. The Bertz CT molecular complexity index is 1030. The van der Waals surface area contributed by atoms with Gasteiger partial charge in [0.2, 0.25) is 17.6 Å². The third kappa shape index (κ3) is 6.28. The molecule has 202 valence electrons. The number of carbonyl (C=O) groups is 2. The molecule has 9 heteroatoms. The number of rotatable bonds is 12. The minimum absolute atomic E-state index is 0.0714. The predicted octanol–water partition coefficient (Wildman–Crippen LogP) is 3.66. The van der Waals surface area contributed by atoms with Gasteiger partial charge in [-0.3, -0.25) is 9.59 Å². The summed E-state index contributed by atoms with van der Waals surface area (Å²) < 4.78 is 21.9. The Hall–Kier alpha value is -3.46. The van der Waals surface area contributed by atoms with Crippen LogP contribution in [-0.2, 0) is 9.59 Å². The van der Waals surface area contributed by atoms with Gasteiger partial charge in [-0.2, -0.15) is 0 Å². The molecule has 0 saturated carbocycles. The Morgan fingerprint density at radius 1 is 0.973 bits per heavy atom. The van der Waals surface area contributed by atoms with Crippen molar-refractivity contribution >= 4 is 17.5 Å². The van der Waals surface area contributed by atoms with Crippen LogP contribution in [0.1, 0.15) is 38.3 Å². The van der Waals surface area contributed by atoms with Crippen molar-refractivity contribution in [2.24, 2.45) is 5.92 Å². The number of carbonyl (C=O) groups excluding carboxylic acids is 2. The van der Waals surface area contributed by atoms with Crippen molar-refractivity contribution in [3.8, 4) is 23.0 Å². The fourth-order valence-corrected chi connectivity index (χ4v) is 4.87. The lowest BCUT2D eigenvalue weighted by atomic mass is 9.83. The van der Waals surface area contributed by atoms with Crippen molar-refractivity contribution in [3.63, 3.8) is 0 Å². The highest BCUT2D eigenvalue weighted by atomic mass is 16.5. The first-order valence-electron chi connectivity index (χ1n) is 12.7. The molecule has 2 aromatic rings. The molecule has 0 aromatic heterocycles. The van der Waals surface area contributed by atoms with Gasteiger partial charge in [-0.05, 0) is 37.2 Å². The van der Waals surface area contributed by atoms with Gasteiger partial charge in [-0.1, -0.05) is 26.0 Å². The summed E-state index contributed by atoms with van der Waals surface area (Å²) in [5.41, 5.74) is 1.41. The SMILES string of the molecule is CCN(CC)CCNC(=O)[C@@H]1CCC(=O)N(c2cc(OC)c(OC)c(OC)c2)[C@@H]1c1ccc(OC)cc1. The van der Waals surface area contributed by atoms with E-state index in [1.54, 1.807) is 24.1 Å². The molecule has 1 fully saturated rings. The lowest BCUT2D eigenvalue weighted by molar-refractivity contribution is -0.129. The fourth-order valence-electron chi connectivity index (χ4n) is 4.87. The van der Waals surface area contributed by atoms with E-state index in [0.717, 1.165) is 25.2 Å². The Balaban J connectivity index is 2.04. The standard InChI is InChI=1S/C28H39N3O6/c1-7-30(8-2)16-15-29-28(33)22-13-14-25(32)31(26(22)19-9-11-21(34-3)12-10-19)20-17-23(35-4)27(37-6)24(18-20)36-5/h9-12,17-18,22,26H,7-8,13-16H2,1-6H3,(H,29,33)/t22-,26-/m1/s1. The van der Waals surface area contributed by atoms with Crippen molar-refractivity contribution in [2.75, 3.05) is 59.5 Å². The maximum absolute atomic E-state index is 13.5. The maximum Gasteiger partial charge on any atom is 0.227 e. The zero-order valence-corrected chi connectivity index (χ0v) is 22.7. The minimum Gasteiger partial charge on any atom is -0.497 e. The molecule has 3 rings (SSSR count). The van der Waals surface area contributed by atoms with Crippen LogP contribution in [0, 0.1) is 5.92 Å². The van der Waals surface area contributed by atoms with Gasteiger partial charge < -0.3 is 34.1 Å². The van der Waals surface area contributed by atoms with E-state index in [1.807, 2.05) is 24.3 Å². The zero-order valence-electron chi connectivity index (χ0n) is 22.7. The highest BCUT2D eigenvalue weighted by molar-refractivity contribution is 5.98. The van der Waals surface area contributed by atoms with E-state index < -0.39 is 12.0 Å². The minimum atomic E-state index is -0.525. The number of nitrogens with one attached hydrogen (secondary N) is 1. The van der Waals surface area contributed by atoms with Crippen LogP contribution in [0.15, 0.2) is 36.4 Å². The molecule has 2 amide bonds. The number of hydrogen-bond acceptors (Lipinski definition) is 7. The summed E-state index contributed by atoms with van der Waals surface area (Å²) in [6, 6.07) is 10.5. The van der Waals surface area contributed by atoms with Gasteiger partial charge in [-0.25, -0.2) is 0 Å². The Morgan fingerprint density at radius 3 is 2.11 bits per heavy atom. The van der Waals surface area contributed by atoms with Crippen LogP contribution in [-0.4, -0.2) is 71.3 Å².